The molecule has 23 heavy (non-hydrogen) atoms. The summed E-state index contributed by atoms with van der Waals surface area (Å²) in [5.41, 5.74) is 3.38. The van der Waals surface area contributed by atoms with Gasteiger partial charge in [0.2, 0.25) is 0 Å². The summed E-state index contributed by atoms with van der Waals surface area (Å²) in [7, 11) is 1.58. The molecule has 0 fully saturated rings. The SMILES string of the molecule is COc1ccc(-c2cc(F)cc(F)c2-c2ccccc2C)cc1. The fourth-order valence-electron chi connectivity index (χ4n) is 2.70. The van der Waals surface area contributed by atoms with Crippen LogP contribution in [0.4, 0.5) is 8.78 Å². The Bertz CT molecular complexity index is 839. The summed E-state index contributed by atoms with van der Waals surface area (Å²) in [5, 5.41) is 0. The molecule has 0 radical (unpaired) electrons. The molecule has 116 valence electrons. The molecule has 0 aromatic heterocycles. The molecule has 0 heterocycles. The lowest BCUT2D eigenvalue weighted by molar-refractivity contribution is 0.415. The highest BCUT2D eigenvalue weighted by molar-refractivity contribution is 5.85. The molecule has 1 nitrogen and oxygen atoms in total. The topological polar surface area (TPSA) is 9.23 Å². The fraction of sp³-hybridized carbons (Fsp3) is 0.100. The third-order valence-corrected chi connectivity index (χ3v) is 3.87. The Labute approximate surface area is 134 Å². The molecule has 0 aliphatic heterocycles. The van der Waals surface area contributed by atoms with Gasteiger partial charge in [-0.1, -0.05) is 36.4 Å². The Balaban J connectivity index is 2.25. The molecule has 3 aromatic rings. The van der Waals surface area contributed by atoms with E-state index in [-0.39, 0.29) is 0 Å². The van der Waals surface area contributed by atoms with Crippen LogP contribution in [-0.2, 0) is 0 Å². The molecule has 3 rings (SSSR count). The average molecular weight is 310 g/mol. The maximum absolute atomic E-state index is 14.5. The molecular weight excluding hydrogens is 294 g/mol. The Hall–Kier alpha value is -2.68. The summed E-state index contributed by atoms with van der Waals surface area (Å²) in [6.07, 6.45) is 0. The normalized spacial score (nSPS) is 10.6. The van der Waals surface area contributed by atoms with E-state index in [0.29, 0.717) is 16.9 Å². The first-order valence-electron chi connectivity index (χ1n) is 7.29. The van der Waals surface area contributed by atoms with Crippen molar-refractivity contribution in [2.24, 2.45) is 0 Å². The van der Waals surface area contributed by atoms with Crippen molar-refractivity contribution in [3.05, 3.63) is 77.9 Å². The van der Waals surface area contributed by atoms with Gasteiger partial charge < -0.3 is 4.74 Å². The molecule has 0 saturated carbocycles. The van der Waals surface area contributed by atoms with Gasteiger partial charge >= 0.3 is 0 Å². The number of rotatable bonds is 3. The second-order valence-corrected chi connectivity index (χ2v) is 5.35. The van der Waals surface area contributed by atoms with Crippen LogP contribution in [-0.4, -0.2) is 7.11 Å². The Morgan fingerprint density at radius 1 is 0.826 bits per heavy atom. The third-order valence-electron chi connectivity index (χ3n) is 3.87. The summed E-state index contributed by atoms with van der Waals surface area (Å²) in [6.45, 7) is 1.91. The van der Waals surface area contributed by atoms with Gasteiger partial charge in [0.05, 0.1) is 7.11 Å². The number of halogens is 2. The number of aryl methyl sites for hydroxylation is 1. The van der Waals surface area contributed by atoms with Crippen LogP contribution >= 0.6 is 0 Å². The van der Waals surface area contributed by atoms with Crippen LogP contribution in [0.15, 0.2) is 60.7 Å². The van der Waals surface area contributed by atoms with E-state index in [1.807, 2.05) is 31.2 Å². The van der Waals surface area contributed by atoms with E-state index in [9.17, 15) is 8.78 Å². The van der Waals surface area contributed by atoms with Crippen molar-refractivity contribution in [1.82, 2.24) is 0 Å². The smallest absolute Gasteiger partial charge is 0.134 e. The number of benzene rings is 3. The summed E-state index contributed by atoms with van der Waals surface area (Å²) in [4.78, 5) is 0. The maximum Gasteiger partial charge on any atom is 0.134 e. The molecule has 0 unspecified atom stereocenters. The van der Waals surface area contributed by atoms with Crippen LogP contribution in [0.3, 0.4) is 0 Å². The van der Waals surface area contributed by atoms with Gasteiger partial charge in [0.25, 0.3) is 0 Å². The molecule has 3 heteroatoms. The maximum atomic E-state index is 14.5. The number of hydrogen-bond acceptors (Lipinski definition) is 1. The van der Waals surface area contributed by atoms with E-state index >= 15 is 0 Å². The van der Waals surface area contributed by atoms with E-state index < -0.39 is 11.6 Å². The quantitative estimate of drug-likeness (QED) is 0.610. The van der Waals surface area contributed by atoms with Crippen molar-refractivity contribution in [2.45, 2.75) is 6.92 Å². The lowest BCUT2D eigenvalue weighted by Gasteiger charge is -2.14. The second-order valence-electron chi connectivity index (χ2n) is 5.35. The third kappa shape index (κ3) is 2.95. The molecule has 0 aliphatic rings. The van der Waals surface area contributed by atoms with Gasteiger partial charge in [-0.2, -0.15) is 0 Å². The predicted molar refractivity (Wildman–Crippen MR) is 88.5 cm³/mol. The predicted octanol–water partition coefficient (Wildman–Crippen LogP) is 5.62. The van der Waals surface area contributed by atoms with Crippen molar-refractivity contribution in [1.29, 1.82) is 0 Å². The van der Waals surface area contributed by atoms with Crippen molar-refractivity contribution >= 4 is 0 Å². The fourth-order valence-corrected chi connectivity index (χ4v) is 2.70. The first kappa shape index (κ1) is 15.2. The summed E-state index contributed by atoms with van der Waals surface area (Å²) in [6, 6.07) is 17.0. The number of hydrogen-bond donors (Lipinski definition) is 0. The van der Waals surface area contributed by atoms with Crippen molar-refractivity contribution in [3.63, 3.8) is 0 Å². The Morgan fingerprint density at radius 2 is 1.52 bits per heavy atom. The van der Waals surface area contributed by atoms with Crippen molar-refractivity contribution in [3.8, 4) is 28.0 Å². The van der Waals surface area contributed by atoms with Crippen LogP contribution in [0.1, 0.15) is 5.56 Å². The first-order valence-corrected chi connectivity index (χ1v) is 7.29. The van der Waals surface area contributed by atoms with Crippen LogP contribution in [0, 0.1) is 18.6 Å². The number of ether oxygens (including phenoxy) is 1. The van der Waals surface area contributed by atoms with E-state index in [1.165, 1.54) is 6.07 Å². The van der Waals surface area contributed by atoms with Crippen molar-refractivity contribution in [2.75, 3.05) is 7.11 Å². The molecule has 0 amide bonds. The molecule has 0 aliphatic carbocycles. The van der Waals surface area contributed by atoms with Crippen LogP contribution < -0.4 is 4.74 Å². The van der Waals surface area contributed by atoms with E-state index in [0.717, 1.165) is 22.8 Å². The standard InChI is InChI=1S/C20H16F2O/c1-13-5-3-4-6-17(13)20-18(11-15(21)12-19(20)22)14-7-9-16(23-2)10-8-14/h3-12H,1-2H3. The zero-order valence-corrected chi connectivity index (χ0v) is 12.9. The van der Waals surface area contributed by atoms with Gasteiger partial charge in [-0.15, -0.1) is 0 Å². The molecule has 0 atom stereocenters. The molecule has 0 spiro atoms. The second kappa shape index (κ2) is 6.21. The molecule has 3 aromatic carbocycles. The average Bonchev–Trinajstić information content (AvgIpc) is 2.55. The summed E-state index contributed by atoms with van der Waals surface area (Å²) < 4.78 is 33.5. The summed E-state index contributed by atoms with van der Waals surface area (Å²) >= 11 is 0. The van der Waals surface area contributed by atoms with Crippen LogP contribution in [0.25, 0.3) is 22.3 Å². The minimum Gasteiger partial charge on any atom is -0.497 e. The zero-order chi connectivity index (χ0) is 16.4. The minimum atomic E-state index is -0.592. The minimum absolute atomic E-state index is 0.412. The Morgan fingerprint density at radius 3 is 2.17 bits per heavy atom. The largest absolute Gasteiger partial charge is 0.497 e. The lowest BCUT2D eigenvalue weighted by Crippen LogP contribution is -1.94. The van der Waals surface area contributed by atoms with Gasteiger partial charge in [-0.05, 0) is 47.4 Å². The van der Waals surface area contributed by atoms with Crippen LogP contribution in [0.2, 0.25) is 0 Å². The highest BCUT2D eigenvalue weighted by atomic mass is 19.1. The first-order chi connectivity index (χ1) is 11.1. The Kier molecular flexibility index (Phi) is 4.11. The molecule has 0 saturated heterocycles. The van der Waals surface area contributed by atoms with Gasteiger partial charge in [0, 0.05) is 11.6 Å². The molecule has 0 bridgehead atoms. The zero-order valence-electron chi connectivity index (χ0n) is 12.9. The van der Waals surface area contributed by atoms with Gasteiger partial charge in [0.1, 0.15) is 17.4 Å². The lowest BCUT2D eigenvalue weighted by atomic mass is 9.91. The van der Waals surface area contributed by atoms with E-state index in [4.69, 9.17) is 4.74 Å². The van der Waals surface area contributed by atoms with Crippen LogP contribution in [0.5, 0.6) is 5.75 Å². The summed E-state index contributed by atoms with van der Waals surface area (Å²) in [5.74, 6) is -0.459. The number of methoxy groups -OCH3 is 1. The van der Waals surface area contributed by atoms with Crippen molar-refractivity contribution < 1.29 is 13.5 Å². The van der Waals surface area contributed by atoms with Gasteiger partial charge in [0.15, 0.2) is 0 Å². The highest BCUT2D eigenvalue weighted by Crippen LogP contribution is 2.37. The van der Waals surface area contributed by atoms with Gasteiger partial charge in [-0.3, -0.25) is 0 Å². The van der Waals surface area contributed by atoms with E-state index in [1.54, 1.807) is 31.4 Å². The monoisotopic (exact) mass is 310 g/mol. The van der Waals surface area contributed by atoms with Gasteiger partial charge in [-0.25, -0.2) is 8.78 Å². The molecular formula is C20H16F2O. The highest BCUT2D eigenvalue weighted by Gasteiger charge is 2.16. The molecule has 0 N–H and O–H groups in total. The van der Waals surface area contributed by atoms with E-state index in [2.05, 4.69) is 0 Å².